The lowest BCUT2D eigenvalue weighted by Gasteiger charge is -2.16. The molecule has 13 heavy (non-hydrogen) atoms. The van der Waals surface area contributed by atoms with Crippen LogP contribution in [0.25, 0.3) is 0 Å². The minimum atomic E-state index is -0.928. The molecule has 0 fully saturated rings. The van der Waals surface area contributed by atoms with Crippen LogP contribution in [0.1, 0.15) is 0 Å². The summed E-state index contributed by atoms with van der Waals surface area (Å²) >= 11 is 17.2. The van der Waals surface area contributed by atoms with Gasteiger partial charge in [0.15, 0.2) is 0 Å². The van der Waals surface area contributed by atoms with E-state index in [0.29, 0.717) is 5.75 Å². The molecule has 0 aromatic rings. The second-order valence-corrected chi connectivity index (χ2v) is 6.81. The highest BCUT2D eigenvalue weighted by atomic mass is 32.2. The van der Waals surface area contributed by atoms with Gasteiger partial charge < -0.3 is 5.11 Å². The Hall–Kier alpha value is 1.18. The zero-order valence-corrected chi connectivity index (χ0v) is 10.9. The van der Waals surface area contributed by atoms with Gasteiger partial charge in [-0.05, 0) is 0 Å². The zero-order valence-electron chi connectivity index (χ0n) is 6.49. The Morgan fingerprint density at radius 1 is 1.38 bits per heavy atom. The highest BCUT2D eigenvalue weighted by molar-refractivity contribution is 8.22. The average molecular weight is 277 g/mol. The monoisotopic (exact) mass is 277 g/mol. The quantitative estimate of drug-likeness (QED) is 0.325. The van der Waals surface area contributed by atoms with Gasteiger partial charge in [-0.15, -0.1) is 37.0 Å². The van der Waals surface area contributed by atoms with Crippen LogP contribution in [0.15, 0.2) is 0 Å². The molecule has 0 aromatic heterocycles. The molecule has 0 rings (SSSR count). The molecule has 0 aliphatic rings. The smallest absolute Gasteiger partial charge is 0.321 e. The van der Waals surface area contributed by atoms with Gasteiger partial charge in [0.2, 0.25) is 0 Å². The number of carboxylic acids is 1. The van der Waals surface area contributed by atoms with Gasteiger partial charge in [0.25, 0.3) is 0 Å². The van der Waals surface area contributed by atoms with Crippen LogP contribution in [-0.4, -0.2) is 31.5 Å². The molecule has 0 aromatic carbocycles. The van der Waals surface area contributed by atoms with Crippen LogP contribution in [0.2, 0.25) is 0 Å². The maximum Gasteiger partial charge on any atom is 0.321 e. The van der Waals surface area contributed by atoms with E-state index in [1.165, 1.54) is 11.8 Å². The second kappa shape index (κ2) is 7.47. The van der Waals surface area contributed by atoms with Crippen molar-refractivity contribution in [2.75, 3.05) is 5.75 Å². The Bertz CT molecular complexity index is 165. The predicted molar refractivity (Wildman–Crippen MR) is 70.5 cm³/mol. The summed E-state index contributed by atoms with van der Waals surface area (Å²) in [5, 5.41) is 11.4. The summed E-state index contributed by atoms with van der Waals surface area (Å²) in [4.78, 5) is 10.7. The minimum Gasteiger partial charge on any atom is -0.480 e. The van der Waals surface area contributed by atoms with Gasteiger partial charge in [0.05, 0.1) is 8.62 Å². The number of aliphatic carboxylic acids is 1. The molecule has 0 radical (unpaired) electrons. The molecule has 0 aliphatic carbocycles. The van der Waals surface area contributed by atoms with Crippen LogP contribution in [0.4, 0.5) is 0 Å². The third-order valence-electron chi connectivity index (χ3n) is 1.06. The fraction of sp³-hybridized carbons (Fsp3) is 0.800. The van der Waals surface area contributed by atoms with E-state index in [1.54, 1.807) is 0 Å². The lowest BCUT2D eigenvalue weighted by Crippen LogP contribution is -2.41. The van der Waals surface area contributed by atoms with Crippen molar-refractivity contribution in [2.45, 2.75) is 14.7 Å². The fourth-order valence-corrected chi connectivity index (χ4v) is 2.03. The SMILES string of the molecule is O=C(O)C(CSC(S)S)NC(S)S. The van der Waals surface area contributed by atoms with Crippen molar-refractivity contribution in [3.8, 4) is 0 Å². The number of thiol groups is 4. The maximum absolute atomic E-state index is 10.7. The van der Waals surface area contributed by atoms with E-state index in [9.17, 15) is 4.79 Å². The molecule has 8 heteroatoms. The Labute approximate surface area is 103 Å². The van der Waals surface area contributed by atoms with E-state index in [4.69, 9.17) is 5.11 Å². The Kier molecular flexibility index (Phi) is 8.15. The van der Waals surface area contributed by atoms with Crippen molar-refractivity contribution in [2.24, 2.45) is 0 Å². The van der Waals surface area contributed by atoms with Crippen LogP contribution < -0.4 is 5.32 Å². The summed E-state index contributed by atoms with van der Waals surface area (Å²) in [6.07, 6.45) is 0. The summed E-state index contributed by atoms with van der Waals surface area (Å²) in [5.74, 6) is -0.548. The summed E-state index contributed by atoms with van der Waals surface area (Å²) < 4.78 is -0.623. The number of carbonyl (C=O) groups is 1. The van der Waals surface area contributed by atoms with Crippen LogP contribution in [0.5, 0.6) is 0 Å². The summed E-state index contributed by atoms with van der Waals surface area (Å²) in [7, 11) is 0. The fourth-order valence-electron chi connectivity index (χ4n) is 0.553. The third-order valence-corrected chi connectivity index (χ3v) is 3.08. The summed E-state index contributed by atoms with van der Waals surface area (Å²) in [5.41, 5.74) is 0. The van der Waals surface area contributed by atoms with E-state index in [1.807, 2.05) is 0 Å². The minimum absolute atomic E-state index is 0.179. The molecule has 78 valence electrons. The molecule has 0 amide bonds. The van der Waals surface area contributed by atoms with Gasteiger partial charge in [0, 0.05) is 5.75 Å². The standard InChI is InChI=1S/C5H11NO2S5/c7-3(8)2(6-4(9)10)1-13-5(11)12/h2,4-6,9-12H,1H2,(H,7,8). The van der Waals surface area contributed by atoms with Gasteiger partial charge >= 0.3 is 5.97 Å². The topological polar surface area (TPSA) is 49.3 Å². The van der Waals surface area contributed by atoms with Crippen molar-refractivity contribution in [1.82, 2.24) is 5.32 Å². The molecule has 0 saturated heterocycles. The first kappa shape index (κ1) is 14.2. The van der Waals surface area contributed by atoms with Gasteiger partial charge in [-0.3, -0.25) is 10.1 Å². The van der Waals surface area contributed by atoms with Crippen molar-refractivity contribution in [3.63, 3.8) is 0 Å². The number of nitrogens with one attached hydrogen (secondary N) is 1. The first-order valence-corrected chi connectivity index (χ1v) is 6.37. The van der Waals surface area contributed by atoms with Gasteiger partial charge in [-0.1, -0.05) is 0 Å². The highest BCUT2D eigenvalue weighted by Crippen LogP contribution is 2.19. The zero-order chi connectivity index (χ0) is 10.4. The van der Waals surface area contributed by atoms with E-state index in [2.05, 4.69) is 55.8 Å². The third kappa shape index (κ3) is 8.19. The molecule has 0 bridgehead atoms. The van der Waals surface area contributed by atoms with Crippen molar-refractivity contribution >= 4 is 68.2 Å². The van der Waals surface area contributed by atoms with Gasteiger partial charge in [-0.25, -0.2) is 0 Å². The molecule has 1 atom stereocenters. The summed E-state index contributed by atoms with van der Waals surface area (Å²) in [6, 6.07) is -0.674. The Balaban J connectivity index is 3.88. The van der Waals surface area contributed by atoms with Gasteiger partial charge in [0.1, 0.15) is 6.04 Å². The second-order valence-electron chi connectivity index (χ2n) is 2.09. The van der Waals surface area contributed by atoms with Crippen molar-refractivity contribution in [1.29, 1.82) is 0 Å². The van der Waals surface area contributed by atoms with E-state index in [-0.39, 0.29) is 3.91 Å². The van der Waals surface area contributed by atoms with E-state index in [0.717, 1.165) is 0 Å². The number of thioether (sulfide) groups is 1. The highest BCUT2D eigenvalue weighted by Gasteiger charge is 2.19. The first-order valence-electron chi connectivity index (χ1n) is 3.26. The number of hydrogen-bond donors (Lipinski definition) is 6. The van der Waals surface area contributed by atoms with Crippen molar-refractivity contribution < 1.29 is 9.90 Å². The normalized spacial score (nSPS) is 13.7. The number of carboxylic acid groups (broad SMARTS) is 1. The maximum atomic E-state index is 10.7. The largest absolute Gasteiger partial charge is 0.480 e. The molecule has 0 saturated carbocycles. The predicted octanol–water partition coefficient (Wildman–Crippen LogP) is 1.05. The number of hydrogen-bond acceptors (Lipinski definition) is 7. The van der Waals surface area contributed by atoms with Crippen LogP contribution in [0.3, 0.4) is 0 Å². The molecule has 0 heterocycles. The average Bonchev–Trinajstić information content (AvgIpc) is 1.96. The van der Waals surface area contributed by atoms with Crippen molar-refractivity contribution in [3.05, 3.63) is 0 Å². The number of rotatable bonds is 6. The Morgan fingerprint density at radius 2 is 1.92 bits per heavy atom. The van der Waals surface area contributed by atoms with Crippen LogP contribution in [0, 0.1) is 0 Å². The lowest BCUT2D eigenvalue weighted by molar-refractivity contribution is -0.138. The molecule has 0 spiro atoms. The van der Waals surface area contributed by atoms with Crippen LogP contribution in [-0.2, 0) is 4.79 Å². The van der Waals surface area contributed by atoms with E-state index >= 15 is 0 Å². The van der Waals surface area contributed by atoms with Gasteiger partial charge in [-0.2, -0.15) is 25.3 Å². The Morgan fingerprint density at radius 3 is 2.23 bits per heavy atom. The van der Waals surface area contributed by atoms with Crippen LogP contribution >= 0.6 is 62.3 Å². The molecular weight excluding hydrogens is 266 g/mol. The first-order chi connectivity index (χ1) is 5.93. The summed E-state index contributed by atoms with van der Waals surface area (Å²) in [6.45, 7) is 0. The van der Waals surface area contributed by atoms with E-state index < -0.39 is 16.7 Å². The molecular formula is C5H11NO2S5. The molecule has 3 nitrogen and oxygen atoms in total. The molecule has 2 N–H and O–H groups in total. The lowest BCUT2D eigenvalue weighted by atomic mass is 10.3. The molecule has 1 unspecified atom stereocenters. The molecule has 0 aliphatic heterocycles.